The maximum Gasteiger partial charge on any atom is 0.249 e. The highest BCUT2D eigenvalue weighted by Gasteiger charge is 2.31. The summed E-state index contributed by atoms with van der Waals surface area (Å²) < 4.78 is 0. The summed E-state index contributed by atoms with van der Waals surface area (Å²) in [5.41, 5.74) is -0.187. The van der Waals surface area contributed by atoms with Crippen molar-refractivity contribution in [1.82, 2.24) is 5.06 Å². The van der Waals surface area contributed by atoms with Gasteiger partial charge in [-0.2, -0.15) is 0 Å². The van der Waals surface area contributed by atoms with Gasteiger partial charge in [0, 0.05) is 0 Å². The summed E-state index contributed by atoms with van der Waals surface area (Å²) in [6.45, 7) is 6.40. The molecule has 0 aromatic rings. The first-order valence-electron chi connectivity index (χ1n) is 3.48. The van der Waals surface area contributed by atoms with Crippen molar-refractivity contribution in [1.29, 1.82) is 0 Å². The molecule has 3 heteroatoms. The number of amides is 1. The average molecular weight is 143 g/mol. The number of carbonyl (C=O) groups is 1. The van der Waals surface area contributed by atoms with E-state index in [4.69, 9.17) is 4.84 Å². The van der Waals surface area contributed by atoms with Gasteiger partial charge in [0.2, 0.25) is 5.91 Å². The lowest BCUT2D eigenvalue weighted by atomic mass is 10.1. The van der Waals surface area contributed by atoms with E-state index in [0.29, 0.717) is 13.0 Å². The van der Waals surface area contributed by atoms with Gasteiger partial charge in [-0.3, -0.25) is 9.63 Å². The van der Waals surface area contributed by atoms with Crippen LogP contribution in [-0.4, -0.2) is 23.1 Å². The zero-order chi connectivity index (χ0) is 7.78. The van der Waals surface area contributed by atoms with Gasteiger partial charge in [0.05, 0.1) is 18.6 Å². The van der Waals surface area contributed by atoms with Gasteiger partial charge in [0.1, 0.15) is 0 Å². The largest absolute Gasteiger partial charge is 0.272 e. The fourth-order valence-electron chi connectivity index (χ4n) is 0.966. The number of hydroxylamine groups is 2. The monoisotopic (exact) mass is 143 g/mol. The maximum absolute atomic E-state index is 11.0. The Morgan fingerprint density at radius 3 is 2.30 bits per heavy atom. The van der Waals surface area contributed by atoms with Crippen molar-refractivity contribution in [2.45, 2.75) is 32.7 Å². The summed E-state index contributed by atoms with van der Waals surface area (Å²) in [6.07, 6.45) is 0.525. The lowest BCUT2D eigenvalue weighted by Crippen LogP contribution is -2.40. The van der Waals surface area contributed by atoms with Crippen molar-refractivity contribution in [2.75, 3.05) is 6.61 Å². The number of hydrogen-bond acceptors (Lipinski definition) is 2. The summed E-state index contributed by atoms with van der Waals surface area (Å²) in [7, 11) is 0. The van der Waals surface area contributed by atoms with E-state index in [1.165, 1.54) is 5.06 Å². The minimum absolute atomic E-state index is 0.0903. The van der Waals surface area contributed by atoms with Gasteiger partial charge in [-0.15, -0.1) is 0 Å². The smallest absolute Gasteiger partial charge is 0.249 e. The molecule has 0 saturated carbocycles. The molecule has 0 aromatic carbocycles. The molecule has 0 aliphatic carbocycles. The summed E-state index contributed by atoms with van der Waals surface area (Å²) in [6, 6.07) is 0. The van der Waals surface area contributed by atoms with Gasteiger partial charge in [-0.1, -0.05) is 0 Å². The van der Waals surface area contributed by atoms with Crippen LogP contribution in [0.4, 0.5) is 0 Å². The Kier molecular flexibility index (Phi) is 1.68. The molecule has 0 aromatic heterocycles. The lowest BCUT2D eigenvalue weighted by Gasteiger charge is -2.29. The van der Waals surface area contributed by atoms with Crippen molar-refractivity contribution in [3.63, 3.8) is 0 Å². The molecule has 0 N–H and O–H groups in total. The molecule has 0 bridgehead atoms. The van der Waals surface area contributed by atoms with Crippen LogP contribution in [-0.2, 0) is 9.63 Å². The van der Waals surface area contributed by atoms with E-state index in [1.807, 2.05) is 20.8 Å². The van der Waals surface area contributed by atoms with Crippen molar-refractivity contribution in [3.8, 4) is 0 Å². The summed E-state index contributed by atoms with van der Waals surface area (Å²) in [4.78, 5) is 16.1. The second-order valence-corrected chi connectivity index (χ2v) is 3.44. The SMILES string of the molecule is CC(C)(C)N1OCCC1=O. The first-order chi connectivity index (χ1) is 4.52. The zero-order valence-corrected chi connectivity index (χ0v) is 6.68. The van der Waals surface area contributed by atoms with Crippen LogP contribution in [0.15, 0.2) is 0 Å². The first kappa shape index (κ1) is 7.54. The quantitative estimate of drug-likeness (QED) is 0.505. The molecule has 0 unspecified atom stereocenters. The fourth-order valence-corrected chi connectivity index (χ4v) is 0.966. The van der Waals surface area contributed by atoms with E-state index >= 15 is 0 Å². The van der Waals surface area contributed by atoms with Gasteiger partial charge >= 0.3 is 0 Å². The van der Waals surface area contributed by atoms with Gasteiger partial charge in [-0.25, -0.2) is 5.06 Å². The second kappa shape index (κ2) is 2.23. The Balaban J connectivity index is 2.64. The Bertz CT molecular complexity index is 148. The highest BCUT2D eigenvalue weighted by Crippen LogP contribution is 2.19. The van der Waals surface area contributed by atoms with Crippen LogP contribution in [0.1, 0.15) is 27.2 Å². The minimum atomic E-state index is -0.187. The van der Waals surface area contributed by atoms with E-state index in [-0.39, 0.29) is 11.4 Å². The fraction of sp³-hybridized carbons (Fsp3) is 0.857. The van der Waals surface area contributed by atoms with Gasteiger partial charge < -0.3 is 0 Å². The van der Waals surface area contributed by atoms with Crippen LogP contribution in [0.2, 0.25) is 0 Å². The lowest BCUT2D eigenvalue weighted by molar-refractivity contribution is -0.186. The van der Waals surface area contributed by atoms with Crippen LogP contribution in [0, 0.1) is 0 Å². The topological polar surface area (TPSA) is 29.5 Å². The molecule has 0 spiro atoms. The van der Waals surface area contributed by atoms with Crippen LogP contribution in [0.5, 0.6) is 0 Å². The van der Waals surface area contributed by atoms with E-state index in [9.17, 15) is 4.79 Å². The first-order valence-corrected chi connectivity index (χ1v) is 3.48. The van der Waals surface area contributed by atoms with Gasteiger partial charge in [0.25, 0.3) is 0 Å². The van der Waals surface area contributed by atoms with Crippen molar-refractivity contribution < 1.29 is 9.63 Å². The Morgan fingerprint density at radius 1 is 1.50 bits per heavy atom. The molecular weight excluding hydrogens is 130 g/mol. The molecule has 0 radical (unpaired) electrons. The zero-order valence-electron chi connectivity index (χ0n) is 6.68. The molecule has 10 heavy (non-hydrogen) atoms. The standard InChI is InChI=1S/C7H13NO2/c1-7(2,3)8-6(9)4-5-10-8/h4-5H2,1-3H3. The van der Waals surface area contributed by atoms with Crippen LogP contribution < -0.4 is 0 Å². The molecule has 1 amide bonds. The van der Waals surface area contributed by atoms with Gasteiger partial charge in [-0.05, 0) is 20.8 Å². The van der Waals surface area contributed by atoms with Crippen molar-refractivity contribution >= 4 is 5.91 Å². The maximum atomic E-state index is 11.0. The average Bonchev–Trinajstić information content (AvgIpc) is 2.11. The highest BCUT2D eigenvalue weighted by atomic mass is 16.7. The minimum Gasteiger partial charge on any atom is -0.272 e. The number of rotatable bonds is 0. The summed E-state index contributed by atoms with van der Waals surface area (Å²) >= 11 is 0. The molecule has 1 aliphatic heterocycles. The van der Waals surface area contributed by atoms with Crippen LogP contribution in [0.3, 0.4) is 0 Å². The van der Waals surface area contributed by atoms with E-state index < -0.39 is 0 Å². The van der Waals surface area contributed by atoms with Crippen LogP contribution in [0.25, 0.3) is 0 Å². The van der Waals surface area contributed by atoms with Crippen LogP contribution >= 0.6 is 0 Å². The molecule has 0 atom stereocenters. The van der Waals surface area contributed by atoms with Crippen molar-refractivity contribution in [2.24, 2.45) is 0 Å². The molecule has 1 fully saturated rings. The number of nitrogens with zero attached hydrogens (tertiary/aromatic N) is 1. The molecule has 58 valence electrons. The molecule has 3 nitrogen and oxygen atoms in total. The third-order valence-corrected chi connectivity index (χ3v) is 1.37. The predicted molar refractivity (Wildman–Crippen MR) is 37.2 cm³/mol. The molecule has 1 aliphatic rings. The third kappa shape index (κ3) is 1.29. The third-order valence-electron chi connectivity index (χ3n) is 1.37. The molecular formula is C7H13NO2. The molecule has 1 heterocycles. The normalized spacial score (nSPS) is 20.3. The summed E-state index contributed by atoms with van der Waals surface area (Å²) in [5, 5.41) is 1.45. The molecule has 1 rings (SSSR count). The number of carbonyl (C=O) groups excluding carboxylic acids is 1. The predicted octanol–water partition coefficient (Wildman–Crippen LogP) is 0.949. The highest BCUT2D eigenvalue weighted by molar-refractivity contribution is 5.77. The van der Waals surface area contributed by atoms with E-state index in [1.54, 1.807) is 0 Å². The Hall–Kier alpha value is -0.570. The summed E-state index contributed by atoms with van der Waals surface area (Å²) in [5.74, 6) is 0.0903. The van der Waals surface area contributed by atoms with E-state index in [2.05, 4.69) is 0 Å². The molecule has 1 saturated heterocycles. The number of hydrogen-bond donors (Lipinski definition) is 0. The Labute approximate surface area is 60.9 Å². The van der Waals surface area contributed by atoms with Gasteiger partial charge in [0.15, 0.2) is 0 Å². The Morgan fingerprint density at radius 2 is 2.10 bits per heavy atom. The second-order valence-electron chi connectivity index (χ2n) is 3.44. The van der Waals surface area contributed by atoms with Crippen molar-refractivity contribution in [3.05, 3.63) is 0 Å². The van der Waals surface area contributed by atoms with E-state index in [0.717, 1.165) is 0 Å².